The van der Waals surface area contributed by atoms with Crippen LogP contribution in [0.3, 0.4) is 0 Å². The van der Waals surface area contributed by atoms with E-state index in [-0.39, 0.29) is 5.69 Å². The van der Waals surface area contributed by atoms with Crippen molar-refractivity contribution in [1.29, 1.82) is 0 Å². The van der Waals surface area contributed by atoms with Crippen LogP contribution in [0.15, 0.2) is 18.3 Å². The summed E-state index contributed by atoms with van der Waals surface area (Å²) in [7, 11) is 0. The van der Waals surface area contributed by atoms with Crippen molar-refractivity contribution in [3.05, 3.63) is 28.4 Å². The first-order valence-corrected chi connectivity index (χ1v) is 14.0. The summed E-state index contributed by atoms with van der Waals surface area (Å²) in [5, 5.41) is 10.3. The van der Waals surface area contributed by atoms with Gasteiger partial charge in [-0.15, -0.1) is 0 Å². The predicted molar refractivity (Wildman–Crippen MR) is 53.9 cm³/mol. The van der Waals surface area contributed by atoms with Crippen molar-refractivity contribution < 1.29 is 4.92 Å². The second-order valence-electron chi connectivity index (χ2n) is 3.91. The van der Waals surface area contributed by atoms with Gasteiger partial charge < -0.3 is 0 Å². The Morgan fingerprint density at radius 3 is 2.31 bits per heavy atom. The van der Waals surface area contributed by atoms with E-state index in [0.717, 1.165) is 3.71 Å². The van der Waals surface area contributed by atoms with Crippen LogP contribution in [0.1, 0.15) is 0 Å². The molecule has 0 unspecified atom stereocenters. The van der Waals surface area contributed by atoms with Gasteiger partial charge >= 0.3 is 80.9 Å². The Bertz CT molecular complexity index is 316. The van der Waals surface area contributed by atoms with Gasteiger partial charge in [-0.1, -0.05) is 0 Å². The minimum atomic E-state index is -2.12. The Kier molecular flexibility index (Phi) is 2.90. The topological polar surface area (TPSA) is 56.0 Å². The van der Waals surface area contributed by atoms with Crippen LogP contribution in [0.4, 0.5) is 5.69 Å². The zero-order chi connectivity index (χ0) is 10.1. The zero-order valence-electron chi connectivity index (χ0n) is 7.94. The molecule has 0 aliphatic rings. The molecule has 1 heterocycles. The zero-order valence-corrected chi connectivity index (χ0v) is 10.8. The van der Waals surface area contributed by atoms with Gasteiger partial charge in [-0.25, -0.2) is 0 Å². The number of rotatable bonds is 2. The Hall–Kier alpha value is -0.651. The van der Waals surface area contributed by atoms with Gasteiger partial charge in [0.05, 0.1) is 0 Å². The molecule has 0 aromatic carbocycles. The van der Waals surface area contributed by atoms with Gasteiger partial charge in [0.1, 0.15) is 0 Å². The minimum absolute atomic E-state index is 0.0688. The summed E-state index contributed by atoms with van der Waals surface area (Å²) in [6.07, 6.45) is 1.34. The Morgan fingerprint density at radius 2 is 2.00 bits per heavy atom. The fourth-order valence-electron chi connectivity index (χ4n) is 0.938. The molecule has 0 radical (unpaired) electrons. The van der Waals surface area contributed by atoms with E-state index in [0.29, 0.717) is 0 Å². The predicted octanol–water partition coefficient (Wildman–Crippen LogP) is 1.53. The summed E-state index contributed by atoms with van der Waals surface area (Å²) < 4.78 is 1.07. The van der Waals surface area contributed by atoms with E-state index >= 15 is 0 Å². The quantitative estimate of drug-likeness (QED) is 0.471. The van der Waals surface area contributed by atoms with Crippen LogP contribution >= 0.6 is 0 Å². The van der Waals surface area contributed by atoms with E-state index in [2.05, 4.69) is 19.8 Å². The Labute approximate surface area is 81.0 Å². The molecule has 4 nitrogen and oxygen atoms in total. The first-order chi connectivity index (χ1) is 5.91. The SMILES string of the molecule is [CH3][Sn]([CH3])([CH3])[c]1ccc([N+](=O)[O-])cn1. The van der Waals surface area contributed by atoms with E-state index in [1.807, 2.05) is 0 Å². The number of nitrogens with zero attached hydrogens (tertiary/aromatic N) is 2. The van der Waals surface area contributed by atoms with E-state index < -0.39 is 23.3 Å². The molecule has 0 atom stereocenters. The van der Waals surface area contributed by atoms with E-state index in [9.17, 15) is 10.1 Å². The van der Waals surface area contributed by atoms with Gasteiger partial charge in [0.25, 0.3) is 0 Å². The van der Waals surface area contributed by atoms with Crippen LogP contribution in [0.2, 0.25) is 14.8 Å². The van der Waals surface area contributed by atoms with Crippen LogP contribution in [0.5, 0.6) is 0 Å². The van der Waals surface area contributed by atoms with Crippen molar-refractivity contribution in [2.75, 3.05) is 0 Å². The van der Waals surface area contributed by atoms with Gasteiger partial charge in [-0.05, 0) is 0 Å². The maximum atomic E-state index is 10.3. The van der Waals surface area contributed by atoms with E-state index in [1.54, 1.807) is 6.07 Å². The fraction of sp³-hybridized carbons (Fsp3) is 0.375. The molecule has 0 N–H and O–H groups in total. The number of hydrogen-bond acceptors (Lipinski definition) is 3. The molecule has 13 heavy (non-hydrogen) atoms. The van der Waals surface area contributed by atoms with Crippen LogP contribution in [-0.2, 0) is 0 Å². The van der Waals surface area contributed by atoms with Crippen molar-refractivity contribution in [2.45, 2.75) is 14.8 Å². The molecule has 1 rings (SSSR count). The fourth-order valence-corrected chi connectivity index (χ4v) is 3.89. The molecule has 0 aliphatic carbocycles. The summed E-state index contributed by atoms with van der Waals surface area (Å²) in [5.41, 5.74) is 0.0688. The molecule has 1 aromatic rings. The average molecular weight is 287 g/mol. The summed E-state index contributed by atoms with van der Waals surface area (Å²) in [6.45, 7) is 0. The number of aromatic nitrogens is 1. The molecule has 0 fully saturated rings. The maximum absolute atomic E-state index is 10.3. The Balaban J connectivity index is 3.01. The molecule has 0 amide bonds. The van der Waals surface area contributed by atoms with Gasteiger partial charge in [-0.2, -0.15) is 0 Å². The van der Waals surface area contributed by atoms with Gasteiger partial charge in [0.2, 0.25) is 0 Å². The second kappa shape index (κ2) is 3.61. The van der Waals surface area contributed by atoms with Crippen LogP contribution in [0.25, 0.3) is 0 Å². The Morgan fingerprint density at radius 1 is 1.38 bits per heavy atom. The third-order valence-corrected chi connectivity index (χ3v) is 6.96. The number of hydrogen-bond donors (Lipinski definition) is 0. The standard InChI is InChI=1S/C5H3N2O2.3CH3.Sn/c8-7(9)5-2-1-3-6-4-5;;;;/h1-2,4H;3*1H3;. The molecular weight excluding hydrogens is 275 g/mol. The van der Waals surface area contributed by atoms with E-state index in [1.165, 1.54) is 12.3 Å². The van der Waals surface area contributed by atoms with Crippen LogP contribution in [0, 0.1) is 10.1 Å². The molecule has 0 bridgehead atoms. The summed E-state index contributed by atoms with van der Waals surface area (Å²) in [4.78, 5) is 20.7. The van der Waals surface area contributed by atoms with Crippen molar-refractivity contribution in [3.8, 4) is 0 Å². The number of pyridine rings is 1. The third kappa shape index (κ3) is 2.65. The van der Waals surface area contributed by atoms with Crippen molar-refractivity contribution >= 4 is 27.8 Å². The normalized spacial score (nSPS) is 11.3. The first kappa shape index (κ1) is 10.4. The van der Waals surface area contributed by atoms with E-state index in [4.69, 9.17) is 0 Å². The third-order valence-electron chi connectivity index (χ3n) is 1.73. The van der Waals surface area contributed by atoms with Crippen LogP contribution < -0.4 is 3.71 Å². The van der Waals surface area contributed by atoms with Crippen molar-refractivity contribution in [2.24, 2.45) is 0 Å². The molecule has 1 aromatic heterocycles. The molecule has 0 saturated carbocycles. The van der Waals surface area contributed by atoms with Gasteiger partial charge in [0, 0.05) is 0 Å². The molecule has 0 aliphatic heterocycles. The van der Waals surface area contributed by atoms with Crippen molar-refractivity contribution in [1.82, 2.24) is 4.98 Å². The summed E-state index contributed by atoms with van der Waals surface area (Å²) in [6, 6.07) is 3.32. The number of nitro groups is 1. The average Bonchev–Trinajstić information content (AvgIpc) is 2.03. The molecule has 70 valence electrons. The van der Waals surface area contributed by atoms with Gasteiger partial charge in [-0.3, -0.25) is 0 Å². The monoisotopic (exact) mass is 288 g/mol. The molecule has 0 saturated heterocycles. The molecular formula is C8H12N2O2Sn. The van der Waals surface area contributed by atoms with Crippen LogP contribution in [-0.4, -0.2) is 28.3 Å². The summed E-state index contributed by atoms with van der Waals surface area (Å²) in [5.74, 6) is 0. The first-order valence-electron chi connectivity index (χ1n) is 4.02. The van der Waals surface area contributed by atoms with Gasteiger partial charge in [0.15, 0.2) is 0 Å². The summed E-state index contributed by atoms with van der Waals surface area (Å²) >= 11 is -2.12. The molecule has 5 heteroatoms. The van der Waals surface area contributed by atoms with Crippen molar-refractivity contribution in [3.63, 3.8) is 0 Å². The molecule has 0 spiro atoms. The second-order valence-corrected chi connectivity index (χ2v) is 18.2.